The molecule has 0 radical (unpaired) electrons. The highest BCUT2D eigenvalue weighted by Gasteiger charge is 2.32. The third-order valence-electron chi connectivity index (χ3n) is 6.75. The van der Waals surface area contributed by atoms with Gasteiger partial charge in [-0.05, 0) is 42.5 Å². The zero-order chi connectivity index (χ0) is 28.3. The maximum absolute atomic E-state index is 13.5. The Labute approximate surface area is 226 Å². The third kappa shape index (κ3) is 6.19. The number of esters is 1. The minimum absolute atomic E-state index is 0.0452. The van der Waals surface area contributed by atoms with E-state index in [1.807, 2.05) is 73.3 Å². The fourth-order valence-electron chi connectivity index (χ4n) is 4.67. The fourth-order valence-corrected chi connectivity index (χ4v) is 4.67. The number of aromatic nitrogens is 2. The Kier molecular flexibility index (Phi) is 8.18. The van der Waals surface area contributed by atoms with Gasteiger partial charge < -0.3 is 24.1 Å². The van der Waals surface area contributed by atoms with Crippen molar-refractivity contribution in [2.24, 2.45) is 13.0 Å². The molecular formula is C30H33N3O6. The number of hydrogen-bond donors (Lipinski definition) is 2. The number of carbonyl (C=O) groups is 3. The lowest BCUT2D eigenvalue weighted by Crippen LogP contribution is -2.43. The number of carbonyl (C=O) groups excluding carboxylic acids is 2. The Hall–Kier alpha value is -4.40. The van der Waals surface area contributed by atoms with Gasteiger partial charge in [0.2, 0.25) is 5.89 Å². The molecule has 0 unspecified atom stereocenters. The van der Waals surface area contributed by atoms with Crippen LogP contribution in [-0.2, 0) is 34.2 Å². The number of rotatable bonds is 10. The number of fused-ring (bicyclic) bond motifs is 1. The number of amides is 1. The van der Waals surface area contributed by atoms with E-state index in [4.69, 9.17) is 9.15 Å². The van der Waals surface area contributed by atoms with Crippen molar-refractivity contribution in [2.45, 2.75) is 52.7 Å². The molecule has 0 saturated carbocycles. The van der Waals surface area contributed by atoms with Crippen molar-refractivity contribution in [3.8, 4) is 0 Å². The number of hydrogen-bond acceptors (Lipinski definition) is 6. The number of aromatic carboxylic acids is 1. The zero-order valence-corrected chi connectivity index (χ0v) is 22.7. The second-order valence-corrected chi connectivity index (χ2v) is 10.1. The highest BCUT2D eigenvalue weighted by atomic mass is 16.5. The lowest BCUT2D eigenvalue weighted by atomic mass is 10.0. The number of oxazole rings is 1. The molecule has 0 spiro atoms. The molecule has 2 heterocycles. The molecular weight excluding hydrogens is 498 g/mol. The molecule has 0 saturated heterocycles. The van der Waals surface area contributed by atoms with E-state index in [0.29, 0.717) is 0 Å². The monoisotopic (exact) mass is 531 g/mol. The van der Waals surface area contributed by atoms with Crippen LogP contribution in [-0.4, -0.2) is 38.6 Å². The van der Waals surface area contributed by atoms with Crippen LogP contribution in [0, 0.1) is 19.8 Å². The Morgan fingerprint density at radius 2 is 1.74 bits per heavy atom. The number of ether oxygens (including phenoxy) is 1. The predicted octanol–water partition coefficient (Wildman–Crippen LogP) is 4.69. The molecule has 2 aromatic carbocycles. The second-order valence-electron chi connectivity index (χ2n) is 10.1. The lowest BCUT2D eigenvalue weighted by molar-refractivity contribution is -0.158. The quantitative estimate of drug-likeness (QED) is 0.285. The first-order valence-corrected chi connectivity index (χ1v) is 12.8. The summed E-state index contributed by atoms with van der Waals surface area (Å²) in [7, 11) is 1.93. The normalized spacial score (nSPS) is 12.9. The minimum atomic E-state index is -1.22. The molecule has 0 aliphatic heterocycles. The first-order chi connectivity index (χ1) is 18.5. The van der Waals surface area contributed by atoms with E-state index in [0.717, 1.165) is 27.6 Å². The van der Waals surface area contributed by atoms with Crippen LogP contribution < -0.4 is 5.32 Å². The molecule has 0 aliphatic carbocycles. The van der Waals surface area contributed by atoms with Crippen LogP contribution in [0.1, 0.15) is 58.7 Å². The highest BCUT2D eigenvalue weighted by molar-refractivity contribution is 5.87. The molecule has 2 atom stereocenters. The van der Waals surface area contributed by atoms with E-state index in [2.05, 4.69) is 10.3 Å². The van der Waals surface area contributed by atoms with Gasteiger partial charge in [0.05, 0.1) is 6.42 Å². The summed E-state index contributed by atoms with van der Waals surface area (Å²) in [5.74, 6) is -2.35. The van der Waals surface area contributed by atoms with Crippen LogP contribution >= 0.6 is 0 Å². The van der Waals surface area contributed by atoms with Crippen molar-refractivity contribution in [3.63, 3.8) is 0 Å². The van der Waals surface area contributed by atoms with Crippen molar-refractivity contribution >= 4 is 28.7 Å². The number of aryl methyl sites for hydroxylation is 3. The zero-order valence-electron chi connectivity index (χ0n) is 22.7. The number of para-hydroxylation sites is 1. The van der Waals surface area contributed by atoms with Crippen LogP contribution in [0.3, 0.4) is 0 Å². The third-order valence-corrected chi connectivity index (χ3v) is 6.75. The number of carboxylic acid groups (broad SMARTS) is 1. The molecule has 9 nitrogen and oxygen atoms in total. The van der Waals surface area contributed by atoms with Crippen LogP contribution in [0.15, 0.2) is 59.1 Å². The summed E-state index contributed by atoms with van der Waals surface area (Å²) in [4.78, 5) is 42.1. The molecule has 4 rings (SSSR count). The number of benzene rings is 2. The topological polar surface area (TPSA) is 124 Å². The van der Waals surface area contributed by atoms with Gasteiger partial charge >= 0.3 is 11.9 Å². The fraction of sp³-hybridized carbons (Fsp3) is 0.333. The summed E-state index contributed by atoms with van der Waals surface area (Å²) in [6, 6.07) is 14.6. The van der Waals surface area contributed by atoms with Crippen LogP contribution in [0.4, 0.5) is 0 Å². The molecule has 9 heteroatoms. The Balaban J connectivity index is 1.61. The second kappa shape index (κ2) is 11.6. The van der Waals surface area contributed by atoms with Gasteiger partial charge in [-0.3, -0.25) is 9.59 Å². The van der Waals surface area contributed by atoms with E-state index in [9.17, 15) is 19.5 Å². The predicted molar refractivity (Wildman–Crippen MR) is 145 cm³/mol. The van der Waals surface area contributed by atoms with Gasteiger partial charge in [-0.2, -0.15) is 0 Å². The van der Waals surface area contributed by atoms with Crippen LogP contribution in [0.2, 0.25) is 0 Å². The number of nitrogens with one attached hydrogen (secondary N) is 1. The largest absolute Gasteiger partial charge is 0.476 e. The van der Waals surface area contributed by atoms with E-state index in [-0.39, 0.29) is 36.1 Å². The Bertz CT molecular complexity index is 1520. The van der Waals surface area contributed by atoms with Gasteiger partial charge in [-0.15, -0.1) is 0 Å². The van der Waals surface area contributed by atoms with Crippen molar-refractivity contribution < 1.29 is 28.6 Å². The molecule has 4 aromatic rings. The summed E-state index contributed by atoms with van der Waals surface area (Å²) in [6.45, 7) is 7.02. The molecule has 0 aliphatic rings. The van der Waals surface area contributed by atoms with E-state index in [1.165, 1.54) is 6.92 Å². The molecule has 39 heavy (non-hydrogen) atoms. The summed E-state index contributed by atoms with van der Waals surface area (Å²) < 4.78 is 13.4. The van der Waals surface area contributed by atoms with Crippen molar-refractivity contribution in [3.05, 3.63) is 88.8 Å². The molecule has 2 N–H and O–H groups in total. The minimum Gasteiger partial charge on any atom is -0.476 e. The SMILES string of the molecule is Cc1ccccc1CC(=O)O[C@H](C(=O)N[C@H](Cc1cn(C)c2ccccc12)c1nc(C(=O)O)c(C)o1)C(C)C. The van der Waals surface area contributed by atoms with Gasteiger partial charge in [-0.1, -0.05) is 56.3 Å². The first-order valence-electron chi connectivity index (χ1n) is 12.8. The summed E-state index contributed by atoms with van der Waals surface area (Å²) in [6.07, 6.45) is 1.23. The summed E-state index contributed by atoms with van der Waals surface area (Å²) >= 11 is 0. The Morgan fingerprint density at radius 1 is 1.05 bits per heavy atom. The molecule has 0 bridgehead atoms. The Morgan fingerprint density at radius 3 is 2.41 bits per heavy atom. The van der Waals surface area contributed by atoms with Gasteiger partial charge in [0.15, 0.2) is 11.8 Å². The first kappa shape index (κ1) is 27.6. The molecule has 204 valence electrons. The molecule has 1 amide bonds. The lowest BCUT2D eigenvalue weighted by Gasteiger charge is -2.24. The number of nitrogens with zero attached hydrogens (tertiary/aromatic N) is 2. The van der Waals surface area contributed by atoms with Crippen molar-refractivity contribution in [2.75, 3.05) is 0 Å². The molecule has 2 aromatic heterocycles. The summed E-state index contributed by atoms with van der Waals surface area (Å²) in [5.41, 5.74) is 3.51. The molecule has 0 fully saturated rings. The number of carboxylic acids is 1. The standard InChI is InChI=1S/C30H33N3O6/c1-17(2)27(39-25(34)15-20-11-7-6-10-18(20)3)28(35)31-23(29-32-26(30(36)37)19(4)38-29)14-21-16-33(5)24-13-9-8-12-22(21)24/h6-13,16-17,23,27H,14-15H2,1-5H3,(H,31,35)(H,36,37)/t23-,27+/m1/s1. The smallest absolute Gasteiger partial charge is 0.358 e. The van der Waals surface area contributed by atoms with Gasteiger partial charge in [0, 0.05) is 30.6 Å². The van der Waals surface area contributed by atoms with E-state index in [1.54, 1.807) is 13.8 Å². The average molecular weight is 532 g/mol. The maximum Gasteiger partial charge on any atom is 0.358 e. The van der Waals surface area contributed by atoms with Crippen LogP contribution in [0.5, 0.6) is 0 Å². The summed E-state index contributed by atoms with van der Waals surface area (Å²) in [5, 5.41) is 13.4. The van der Waals surface area contributed by atoms with Crippen molar-refractivity contribution in [1.29, 1.82) is 0 Å². The van der Waals surface area contributed by atoms with E-state index < -0.39 is 30.0 Å². The average Bonchev–Trinajstić information content (AvgIpc) is 3.43. The van der Waals surface area contributed by atoms with Crippen molar-refractivity contribution in [1.82, 2.24) is 14.9 Å². The maximum atomic E-state index is 13.5. The van der Waals surface area contributed by atoms with Gasteiger partial charge in [-0.25, -0.2) is 9.78 Å². The van der Waals surface area contributed by atoms with E-state index >= 15 is 0 Å². The van der Waals surface area contributed by atoms with Gasteiger partial charge in [0.1, 0.15) is 11.8 Å². The highest BCUT2D eigenvalue weighted by Crippen LogP contribution is 2.27. The van der Waals surface area contributed by atoms with Gasteiger partial charge in [0.25, 0.3) is 5.91 Å². The van der Waals surface area contributed by atoms with Crippen LogP contribution in [0.25, 0.3) is 10.9 Å².